The summed E-state index contributed by atoms with van der Waals surface area (Å²) in [7, 11) is 0. The highest BCUT2D eigenvalue weighted by atomic mass is 16.5. The number of aliphatic hydroxyl groups is 1. The molecule has 6 nitrogen and oxygen atoms in total. The van der Waals surface area contributed by atoms with Crippen molar-refractivity contribution in [3.8, 4) is 0 Å². The van der Waals surface area contributed by atoms with E-state index in [1.54, 1.807) is 0 Å². The highest BCUT2D eigenvalue weighted by Crippen LogP contribution is 2.18. The SMILES string of the molecule is OCC1CCCCN1CCNc1nc2ccccc2n1O. The lowest BCUT2D eigenvalue weighted by molar-refractivity contribution is 0.0938. The first-order chi connectivity index (χ1) is 10.3. The predicted octanol–water partition coefficient (Wildman–Crippen LogP) is 1.53. The van der Waals surface area contributed by atoms with Crippen LogP contribution in [0.15, 0.2) is 24.3 Å². The first-order valence-electron chi connectivity index (χ1n) is 7.55. The molecule has 0 saturated carbocycles. The van der Waals surface area contributed by atoms with E-state index < -0.39 is 0 Å². The minimum Gasteiger partial charge on any atom is -0.425 e. The van der Waals surface area contributed by atoms with E-state index in [-0.39, 0.29) is 12.6 Å². The summed E-state index contributed by atoms with van der Waals surface area (Å²) in [6, 6.07) is 7.76. The van der Waals surface area contributed by atoms with Gasteiger partial charge in [0.05, 0.1) is 12.1 Å². The van der Waals surface area contributed by atoms with Gasteiger partial charge in [-0.15, -0.1) is 4.73 Å². The maximum atomic E-state index is 10.1. The standard InChI is InChI=1S/C15H22N4O2/c20-11-12-5-3-4-9-18(12)10-8-16-15-17-13-6-1-2-7-14(13)19(15)21/h1-2,6-7,12,20-21H,3-5,8-11H2,(H,16,17). The largest absolute Gasteiger partial charge is 0.425 e. The number of anilines is 1. The highest BCUT2D eigenvalue weighted by Gasteiger charge is 2.21. The number of nitrogens with one attached hydrogen (secondary N) is 1. The smallest absolute Gasteiger partial charge is 0.237 e. The summed E-state index contributed by atoms with van der Waals surface area (Å²) in [5.74, 6) is 0.466. The summed E-state index contributed by atoms with van der Waals surface area (Å²) in [5.41, 5.74) is 1.47. The van der Waals surface area contributed by atoms with E-state index in [1.807, 2.05) is 24.3 Å². The Labute approximate surface area is 124 Å². The Bertz CT molecular complexity index is 598. The minimum atomic E-state index is 0.221. The lowest BCUT2D eigenvalue weighted by Gasteiger charge is -2.34. The van der Waals surface area contributed by atoms with Crippen LogP contribution in [0.1, 0.15) is 19.3 Å². The van der Waals surface area contributed by atoms with Gasteiger partial charge in [0.2, 0.25) is 5.95 Å². The van der Waals surface area contributed by atoms with Gasteiger partial charge in [-0.3, -0.25) is 4.90 Å². The van der Waals surface area contributed by atoms with E-state index in [0.717, 1.165) is 29.8 Å². The predicted molar refractivity (Wildman–Crippen MR) is 81.7 cm³/mol. The van der Waals surface area contributed by atoms with Crippen LogP contribution in [0, 0.1) is 0 Å². The highest BCUT2D eigenvalue weighted by molar-refractivity contribution is 5.77. The monoisotopic (exact) mass is 290 g/mol. The third-order valence-electron chi connectivity index (χ3n) is 4.18. The molecule has 2 heterocycles. The Morgan fingerprint density at radius 1 is 1.29 bits per heavy atom. The van der Waals surface area contributed by atoms with E-state index >= 15 is 0 Å². The van der Waals surface area contributed by atoms with Gasteiger partial charge in [0.25, 0.3) is 0 Å². The number of aliphatic hydroxyl groups excluding tert-OH is 1. The number of rotatable bonds is 5. The number of para-hydroxylation sites is 2. The molecule has 1 aliphatic rings. The van der Waals surface area contributed by atoms with Crippen LogP contribution >= 0.6 is 0 Å². The van der Waals surface area contributed by atoms with Crippen LogP contribution in [-0.4, -0.2) is 57.2 Å². The summed E-state index contributed by atoms with van der Waals surface area (Å²) in [4.78, 5) is 6.67. The van der Waals surface area contributed by atoms with Gasteiger partial charge in [0, 0.05) is 19.1 Å². The van der Waals surface area contributed by atoms with Crippen LogP contribution in [-0.2, 0) is 0 Å². The van der Waals surface area contributed by atoms with E-state index in [0.29, 0.717) is 18.0 Å². The van der Waals surface area contributed by atoms with Crippen molar-refractivity contribution in [2.24, 2.45) is 0 Å². The van der Waals surface area contributed by atoms with Crippen molar-refractivity contribution in [1.29, 1.82) is 0 Å². The van der Waals surface area contributed by atoms with Crippen molar-refractivity contribution in [2.45, 2.75) is 25.3 Å². The topological polar surface area (TPSA) is 73.5 Å². The van der Waals surface area contributed by atoms with Crippen molar-refractivity contribution in [2.75, 3.05) is 31.6 Å². The molecule has 1 atom stereocenters. The Morgan fingerprint density at radius 3 is 2.95 bits per heavy atom. The molecular weight excluding hydrogens is 268 g/mol. The lowest BCUT2D eigenvalue weighted by Crippen LogP contribution is -2.44. The zero-order valence-corrected chi connectivity index (χ0v) is 12.1. The number of piperidine rings is 1. The number of benzene rings is 1. The van der Waals surface area contributed by atoms with Crippen molar-refractivity contribution in [3.63, 3.8) is 0 Å². The molecule has 0 bridgehead atoms. The second kappa shape index (κ2) is 6.32. The van der Waals surface area contributed by atoms with Gasteiger partial charge >= 0.3 is 0 Å². The normalized spacial score (nSPS) is 20.0. The number of hydrogen-bond acceptors (Lipinski definition) is 5. The number of nitrogens with zero attached hydrogens (tertiary/aromatic N) is 3. The molecule has 114 valence electrons. The van der Waals surface area contributed by atoms with Gasteiger partial charge in [0.15, 0.2) is 0 Å². The molecule has 1 fully saturated rings. The molecule has 2 aromatic rings. The number of fused-ring (bicyclic) bond motifs is 1. The molecule has 0 amide bonds. The Hall–Kier alpha value is -1.79. The van der Waals surface area contributed by atoms with Crippen LogP contribution in [0.5, 0.6) is 0 Å². The van der Waals surface area contributed by atoms with Crippen molar-refractivity contribution in [1.82, 2.24) is 14.6 Å². The Kier molecular flexibility index (Phi) is 4.26. The summed E-state index contributed by atoms with van der Waals surface area (Å²) in [6.07, 6.45) is 3.45. The number of likely N-dealkylation sites (tertiary alicyclic amines) is 1. The molecule has 1 saturated heterocycles. The average molecular weight is 290 g/mol. The molecule has 0 spiro atoms. The third-order valence-corrected chi connectivity index (χ3v) is 4.18. The molecule has 1 unspecified atom stereocenters. The van der Waals surface area contributed by atoms with Gasteiger partial charge in [-0.2, -0.15) is 0 Å². The molecule has 1 aromatic heterocycles. The fourth-order valence-corrected chi connectivity index (χ4v) is 3.00. The molecule has 1 aliphatic heterocycles. The average Bonchev–Trinajstić information content (AvgIpc) is 2.85. The second-order valence-electron chi connectivity index (χ2n) is 5.53. The van der Waals surface area contributed by atoms with Crippen LogP contribution in [0.25, 0.3) is 11.0 Å². The zero-order chi connectivity index (χ0) is 14.7. The van der Waals surface area contributed by atoms with Gasteiger partial charge < -0.3 is 15.6 Å². The maximum absolute atomic E-state index is 10.1. The molecule has 1 aromatic carbocycles. The summed E-state index contributed by atoms with van der Waals surface area (Å²) >= 11 is 0. The third kappa shape index (κ3) is 2.96. The van der Waals surface area contributed by atoms with Crippen LogP contribution in [0.3, 0.4) is 0 Å². The van der Waals surface area contributed by atoms with Crippen molar-refractivity contribution in [3.05, 3.63) is 24.3 Å². The molecule has 21 heavy (non-hydrogen) atoms. The molecule has 3 rings (SSSR count). The first kappa shape index (κ1) is 14.2. The number of aromatic nitrogens is 2. The van der Waals surface area contributed by atoms with Gasteiger partial charge in [-0.1, -0.05) is 18.6 Å². The van der Waals surface area contributed by atoms with Crippen LogP contribution in [0.4, 0.5) is 5.95 Å². The summed E-state index contributed by atoms with van der Waals surface area (Å²) < 4.78 is 1.09. The molecule has 6 heteroatoms. The fourth-order valence-electron chi connectivity index (χ4n) is 3.00. The molecule has 3 N–H and O–H groups in total. The molecule has 0 aliphatic carbocycles. The molecular formula is C15H22N4O2. The van der Waals surface area contributed by atoms with E-state index in [4.69, 9.17) is 0 Å². The minimum absolute atomic E-state index is 0.221. The van der Waals surface area contributed by atoms with E-state index in [1.165, 1.54) is 12.8 Å². The Morgan fingerprint density at radius 2 is 2.14 bits per heavy atom. The van der Waals surface area contributed by atoms with Crippen LogP contribution < -0.4 is 5.32 Å². The molecule has 0 radical (unpaired) electrons. The quantitative estimate of drug-likeness (QED) is 0.728. The van der Waals surface area contributed by atoms with Crippen LogP contribution in [0.2, 0.25) is 0 Å². The van der Waals surface area contributed by atoms with Gasteiger partial charge in [0.1, 0.15) is 5.52 Å². The van der Waals surface area contributed by atoms with Gasteiger partial charge in [-0.05, 0) is 31.5 Å². The van der Waals surface area contributed by atoms with Crippen molar-refractivity contribution >= 4 is 17.0 Å². The first-order valence-corrected chi connectivity index (χ1v) is 7.55. The summed E-state index contributed by atoms with van der Waals surface area (Å²) in [5, 5.41) is 22.6. The fraction of sp³-hybridized carbons (Fsp3) is 0.533. The summed E-state index contributed by atoms with van der Waals surface area (Å²) in [6.45, 7) is 2.79. The van der Waals surface area contributed by atoms with E-state index in [2.05, 4.69) is 15.2 Å². The maximum Gasteiger partial charge on any atom is 0.237 e. The zero-order valence-electron chi connectivity index (χ0n) is 12.1. The number of imidazole rings is 1. The van der Waals surface area contributed by atoms with Gasteiger partial charge in [-0.25, -0.2) is 4.98 Å². The van der Waals surface area contributed by atoms with E-state index in [9.17, 15) is 10.3 Å². The Balaban J connectivity index is 1.60. The van der Waals surface area contributed by atoms with Crippen molar-refractivity contribution < 1.29 is 10.3 Å². The second-order valence-corrected chi connectivity index (χ2v) is 5.53. The lowest BCUT2D eigenvalue weighted by atomic mass is 10.0. The number of hydrogen-bond donors (Lipinski definition) is 3.